The van der Waals surface area contributed by atoms with Gasteiger partial charge in [0, 0.05) is 0 Å². The van der Waals surface area contributed by atoms with Gasteiger partial charge in [0.1, 0.15) is 0 Å². The molecule has 1 heterocycles. The van der Waals surface area contributed by atoms with E-state index in [1.54, 1.807) is 6.33 Å². The second-order valence-corrected chi connectivity index (χ2v) is 4.16. The zero-order valence-electron chi connectivity index (χ0n) is 6.03. The van der Waals surface area contributed by atoms with E-state index in [4.69, 9.17) is 0 Å². The third kappa shape index (κ3) is 3.55. The third-order valence-corrected chi connectivity index (χ3v) is 2.82. The van der Waals surface area contributed by atoms with Crippen molar-refractivity contribution in [3.8, 4) is 0 Å². The molecule has 2 nitrogen and oxygen atoms in total. The van der Waals surface area contributed by atoms with Crippen LogP contribution in [0.1, 0.15) is 0 Å². The number of benzene rings is 1. The Hall–Kier alpha value is 1.56. The Balaban J connectivity index is 0.000000845. The van der Waals surface area contributed by atoms with Crippen molar-refractivity contribution in [3.05, 3.63) is 29.0 Å². The summed E-state index contributed by atoms with van der Waals surface area (Å²) in [6.45, 7) is 0. The molecule has 0 atom stereocenters. The molecule has 1 aromatic carbocycles. The van der Waals surface area contributed by atoms with Crippen LogP contribution in [0.3, 0.4) is 0 Å². The summed E-state index contributed by atoms with van der Waals surface area (Å²) >= 11 is 5.85. The second-order valence-electron chi connectivity index (χ2n) is 2.36. The molecule has 0 fully saturated rings. The first kappa shape index (κ1) is 15.6. The molecule has 2 aromatic rings. The number of aromatic nitrogens is 2. The van der Waals surface area contributed by atoms with E-state index in [1.165, 1.54) is 0 Å². The van der Waals surface area contributed by atoms with E-state index >= 15 is 0 Å². The van der Waals surface area contributed by atoms with Gasteiger partial charge < -0.3 is 0 Å². The molecule has 0 unspecified atom stereocenters. The SMILES string of the molecule is [NaH].[NaH].[SeH]c1ncnc2ccc(Br)cc12. The van der Waals surface area contributed by atoms with E-state index in [0.29, 0.717) is 0 Å². The standard InChI is InChI=1S/C8H5BrN2Se.2Na.2H/c9-5-1-2-7-6(3-5)8(12)11-4-10-7;;;;/h1-4H,(H,10,11,12);;;;. The topological polar surface area (TPSA) is 25.8 Å². The molecule has 2 rings (SSSR count). The predicted molar refractivity (Wildman–Crippen MR) is 68.3 cm³/mol. The van der Waals surface area contributed by atoms with Gasteiger partial charge in [-0.15, -0.1) is 0 Å². The van der Waals surface area contributed by atoms with Crippen LogP contribution in [-0.2, 0) is 0 Å². The van der Waals surface area contributed by atoms with E-state index in [0.717, 1.165) is 20.0 Å². The van der Waals surface area contributed by atoms with Crippen LogP contribution in [0.25, 0.3) is 10.9 Å². The summed E-state index contributed by atoms with van der Waals surface area (Å²) in [6.07, 6.45) is 1.57. The number of halogens is 1. The number of hydrogen-bond acceptors (Lipinski definition) is 2. The molecule has 0 saturated carbocycles. The molecule has 0 aliphatic carbocycles. The first-order chi connectivity index (χ1) is 5.77. The van der Waals surface area contributed by atoms with Gasteiger partial charge in [-0.3, -0.25) is 0 Å². The molecule has 64 valence electrons. The van der Waals surface area contributed by atoms with Crippen molar-refractivity contribution in [3.63, 3.8) is 0 Å². The van der Waals surface area contributed by atoms with Crippen LogP contribution >= 0.6 is 15.9 Å². The minimum atomic E-state index is 0. The van der Waals surface area contributed by atoms with Crippen LogP contribution in [0.2, 0.25) is 0 Å². The first-order valence-electron chi connectivity index (χ1n) is 3.36. The van der Waals surface area contributed by atoms with Gasteiger partial charge in [-0.1, -0.05) is 0 Å². The minimum absolute atomic E-state index is 0. The fourth-order valence-corrected chi connectivity index (χ4v) is 1.86. The molecular formula is C8H7BrN2Na2Se. The zero-order chi connectivity index (χ0) is 8.55. The molecule has 0 bridgehead atoms. The Morgan fingerprint density at radius 1 is 1.14 bits per heavy atom. The van der Waals surface area contributed by atoms with Crippen molar-refractivity contribution in [2.24, 2.45) is 0 Å². The van der Waals surface area contributed by atoms with E-state index in [1.807, 2.05) is 18.2 Å². The average Bonchev–Trinajstić information content (AvgIpc) is 2.07. The summed E-state index contributed by atoms with van der Waals surface area (Å²) in [7, 11) is 0. The fourth-order valence-electron chi connectivity index (χ4n) is 1.02. The molecule has 0 radical (unpaired) electrons. The van der Waals surface area contributed by atoms with Crippen LogP contribution in [0.4, 0.5) is 0 Å². The quantitative estimate of drug-likeness (QED) is 0.613. The van der Waals surface area contributed by atoms with Gasteiger partial charge in [0.25, 0.3) is 0 Å². The van der Waals surface area contributed by atoms with Crippen LogP contribution in [0.5, 0.6) is 0 Å². The van der Waals surface area contributed by atoms with Crippen molar-refractivity contribution in [2.75, 3.05) is 0 Å². The van der Waals surface area contributed by atoms with E-state index < -0.39 is 0 Å². The Kier molecular flexibility index (Phi) is 7.78. The Morgan fingerprint density at radius 2 is 1.86 bits per heavy atom. The van der Waals surface area contributed by atoms with Crippen molar-refractivity contribution in [1.29, 1.82) is 0 Å². The van der Waals surface area contributed by atoms with Gasteiger partial charge in [-0.05, 0) is 0 Å². The molecule has 14 heavy (non-hydrogen) atoms. The molecule has 0 aliphatic heterocycles. The maximum absolute atomic E-state index is 4.14. The second kappa shape index (κ2) is 7.00. The van der Waals surface area contributed by atoms with Crippen molar-refractivity contribution >= 4 is 107 Å². The summed E-state index contributed by atoms with van der Waals surface area (Å²) in [4.78, 5) is 8.23. The molecular weight excluding hydrogens is 329 g/mol. The van der Waals surface area contributed by atoms with Gasteiger partial charge in [0.05, 0.1) is 0 Å². The summed E-state index contributed by atoms with van der Waals surface area (Å²) in [5, 5.41) is 1.08. The maximum atomic E-state index is 4.14. The number of nitrogens with zero attached hydrogens (tertiary/aromatic N) is 2. The monoisotopic (exact) mass is 336 g/mol. The Bertz CT molecular complexity index is 439. The summed E-state index contributed by atoms with van der Waals surface area (Å²) < 4.78 is 2.01. The summed E-state index contributed by atoms with van der Waals surface area (Å²) in [6, 6.07) is 5.96. The fraction of sp³-hybridized carbons (Fsp3) is 0. The van der Waals surface area contributed by atoms with Crippen molar-refractivity contribution in [1.82, 2.24) is 9.97 Å². The molecule has 0 aliphatic rings. The van der Waals surface area contributed by atoms with E-state index in [-0.39, 0.29) is 59.1 Å². The summed E-state index contributed by atoms with van der Waals surface area (Å²) in [5.41, 5.74) is 0.976. The van der Waals surface area contributed by atoms with Gasteiger partial charge >= 0.3 is 146 Å². The molecule has 0 saturated heterocycles. The van der Waals surface area contributed by atoms with Gasteiger partial charge in [-0.2, -0.15) is 0 Å². The van der Waals surface area contributed by atoms with Crippen LogP contribution in [-0.4, -0.2) is 85.1 Å². The zero-order valence-corrected chi connectivity index (χ0v) is 9.49. The van der Waals surface area contributed by atoms with E-state index in [2.05, 4.69) is 41.9 Å². The molecule has 6 heteroatoms. The summed E-state index contributed by atoms with van der Waals surface area (Å²) in [5.74, 6) is 0. The first-order valence-corrected chi connectivity index (χ1v) is 5.10. The third-order valence-electron chi connectivity index (χ3n) is 1.58. The Morgan fingerprint density at radius 3 is 2.57 bits per heavy atom. The van der Waals surface area contributed by atoms with Gasteiger partial charge in [-0.25, -0.2) is 0 Å². The van der Waals surface area contributed by atoms with Crippen molar-refractivity contribution < 1.29 is 0 Å². The average molecular weight is 336 g/mol. The molecule has 0 N–H and O–H groups in total. The van der Waals surface area contributed by atoms with Crippen LogP contribution in [0, 0.1) is 0 Å². The van der Waals surface area contributed by atoms with Gasteiger partial charge in [0.15, 0.2) is 0 Å². The molecule has 0 spiro atoms. The van der Waals surface area contributed by atoms with Gasteiger partial charge in [0.2, 0.25) is 0 Å². The normalized spacial score (nSPS) is 9.00. The van der Waals surface area contributed by atoms with E-state index in [9.17, 15) is 0 Å². The Labute approximate surface area is 143 Å². The number of hydrogen-bond donors (Lipinski definition) is 0. The molecule has 0 amide bonds. The van der Waals surface area contributed by atoms with Crippen molar-refractivity contribution in [2.45, 2.75) is 0 Å². The number of rotatable bonds is 0. The molecule has 1 aromatic heterocycles. The van der Waals surface area contributed by atoms with Crippen LogP contribution < -0.4 is 4.59 Å². The predicted octanol–water partition coefficient (Wildman–Crippen LogP) is -0.379. The van der Waals surface area contributed by atoms with Crippen LogP contribution in [0.15, 0.2) is 29.0 Å². The number of fused-ring (bicyclic) bond motifs is 1.